The summed E-state index contributed by atoms with van der Waals surface area (Å²) in [6.07, 6.45) is 6.44. The second kappa shape index (κ2) is 11.1. The van der Waals surface area contributed by atoms with Gasteiger partial charge in [-0.25, -0.2) is 4.98 Å². The number of allylic oxidation sites excluding steroid dienone is 4. The third kappa shape index (κ3) is 6.90. The Bertz CT molecular complexity index is 1090. The van der Waals surface area contributed by atoms with Crippen LogP contribution in [0, 0.1) is 0 Å². The number of para-hydroxylation sites is 1. The van der Waals surface area contributed by atoms with Gasteiger partial charge in [-0.1, -0.05) is 36.2 Å². The van der Waals surface area contributed by atoms with Crippen molar-refractivity contribution >= 4 is 34.0 Å². The molecule has 0 radical (unpaired) electrons. The Hall–Kier alpha value is -2.71. The van der Waals surface area contributed by atoms with E-state index >= 15 is 0 Å². The van der Waals surface area contributed by atoms with E-state index in [0.717, 1.165) is 30.6 Å². The van der Waals surface area contributed by atoms with Crippen molar-refractivity contribution in [2.75, 3.05) is 36.8 Å². The number of ether oxygens (including phenoxy) is 1. The number of anilines is 2. The zero-order valence-corrected chi connectivity index (χ0v) is 19.6. The molecule has 2 aliphatic rings. The predicted octanol–water partition coefficient (Wildman–Crippen LogP) is 6.85. The molecule has 0 saturated carbocycles. The maximum atomic E-state index is 12.5. The molecule has 0 amide bonds. The van der Waals surface area contributed by atoms with Crippen LogP contribution in [0.4, 0.5) is 24.7 Å². The Kier molecular flexibility index (Phi) is 8.00. The Morgan fingerprint density at radius 2 is 1.91 bits per heavy atom. The predicted molar refractivity (Wildman–Crippen MR) is 131 cm³/mol. The molecular weight excluding hydrogens is 465 g/mol. The second-order valence-corrected chi connectivity index (χ2v) is 8.79. The number of aromatic nitrogens is 1. The molecule has 4 rings (SSSR count). The normalized spacial score (nSPS) is 17.2. The molecule has 0 atom stereocenters. The monoisotopic (exact) mass is 492 g/mol. The molecule has 0 unspecified atom stereocenters. The van der Waals surface area contributed by atoms with Gasteiger partial charge in [0.25, 0.3) is 0 Å². The van der Waals surface area contributed by atoms with Gasteiger partial charge in [-0.2, -0.15) is 0 Å². The lowest BCUT2D eigenvalue weighted by Crippen LogP contribution is -2.31. The average Bonchev–Trinajstić information content (AvgIpc) is 3.01. The van der Waals surface area contributed by atoms with E-state index in [2.05, 4.69) is 25.3 Å². The van der Waals surface area contributed by atoms with Gasteiger partial charge in [-0.05, 0) is 69.6 Å². The first-order valence-electron chi connectivity index (χ1n) is 11.5. The number of nitrogens with one attached hydrogen (secondary N) is 2. The van der Waals surface area contributed by atoms with Crippen LogP contribution in [0.15, 0.2) is 60.0 Å². The number of hydrogen-bond donors (Lipinski definition) is 2. The summed E-state index contributed by atoms with van der Waals surface area (Å²) in [6, 6.07) is 7.55. The van der Waals surface area contributed by atoms with Crippen LogP contribution in [0.3, 0.4) is 0 Å². The topological polar surface area (TPSA) is 49.4 Å². The number of piperidine rings is 1. The van der Waals surface area contributed by atoms with E-state index in [4.69, 9.17) is 11.6 Å². The van der Waals surface area contributed by atoms with Crippen molar-refractivity contribution in [3.8, 4) is 0 Å². The number of benzene rings is 1. The van der Waals surface area contributed by atoms with Crippen molar-refractivity contribution in [1.82, 2.24) is 9.88 Å². The lowest BCUT2D eigenvalue weighted by molar-refractivity contribution is -0.303. The maximum Gasteiger partial charge on any atom is 0.573 e. The molecule has 9 heteroatoms. The molecule has 1 fully saturated rings. The first-order chi connectivity index (χ1) is 16.4. The third-order valence-electron chi connectivity index (χ3n) is 5.80. The van der Waals surface area contributed by atoms with Gasteiger partial charge in [0, 0.05) is 29.4 Å². The van der Waals surface area contributed by atoms with Crippen molar-refractivity contribution in [1.29, 1.82) is 0 Å². The van der Waals surface area contributed by atoms with Crippen LogP contribution in [-0.4, -0.2) is 42.4 Å². The number of nitrogens with zero attached hydrogens (tertiary/aromatic N) is 2. The van der Waals surface area contributed by atoms with Gasteiger partial charge in [0.05, 0.1) is 10.5 Å². The number of halogens is 4. The quantitative estimate of drug-likeness (QED) is 0.394. The van der Waals surface area contributed by atoms with Crippen LogP contribution in [0.25, 0.3) is 10.9 Å². The highest BCUT2D eigenvalue weighted by molar-refractivity contribution is 6.35. The van der Waals surface area contributed by atoms with Crippen molar-refractivity contribution in [2.24, 2.45) is 0 Å². The number of hydrogen-bond acceptors (Lipinski definition) is 5. The van der Waals surface area contributed by atoms with Crippen LogP contribution in [-0.2, 0) is 4.74 Å². The van der Waals surface area contributed by atoms with E-state index in [0.29, 0.717) is 22.1 Å². The summed E-state index contributed by atoms with van der Waals surface area (Å²) < 4.78 is 41.6. The highest BCUT2D eigenvalue weighted by atomic mass is 35.5. The van der Waals surface area contributed by atoms with Crippen LogP contribution >= 0.6 is 11.6 Å². The molecule has 2 aromatic rings. The van der Waals surface area contributed by atoms with Crippen molar-refractivity contribution < 1.29 is 17.9 Å². The van der Waals surface area contributed by atoms with E-state index in [9.17, 15) is 13.2 Å². The van der Waals surface area contributed by atoms with Gasteiger partial charge in [0.1, 0.15) is 11.6 Å². The SMILES string of the molecule is FC(F)(F)OC1=CCC=C(Nc2cc(NCCCN3CCCCC3)c3cccc(Cl)c3n2)C=C1. The van der Waals surface area contributed by atoms with Crippen LogP contribution in [0.2, 0.25) is 5.02 Å². The van der Waals surface area contributed by atoms with Gasteiger partial charge in [0.15, 0.2) is 0 Å². The zero-order chi connectivity index (χ0) is 24.0. The molecule has 34 heavy (non-hydrogen) atoms. The molecule has 5 nitrogen and oxygen atoms in total. The second-order valence-electron chi connectivity index (χ2n) is 8.38. The Balaban J connectivity index is 1.46. The minimum atomic E-state index is -4.72. The minimum Gasteiger partial charge on any atom is -0.406 e. The number of likely N-dealkylation sites (tertiary alicyclic amines) is 1. The number of alkyl halides is 3. The standard InChI is InChI=1S/C25H28ClF3N4O/c26-21-10-5-9-20-22(30-13-6-16-33-14-2-1-3-15-33)17-23(32-24(20)21)31-18-7-4-8-19(12-11-18)34-25(27,28)29/h5,7-12,17H,1-4,6,13-16H2,(H2,30,31,32). The highest BCUT2D eigenvalue weighted by Crippen LogP contribution is 2.31. The summed E-state index contributed by atoms with van der Waals surface area (Å²) >= 11 is 6.43. The Morgan fingerprint density at radius 3 is 2.71 bits per heavy atom. The molecular formula is C25H28ClF3N4O. The fourth-order valence-electron chi connectivity index (χ4n) is 4.19. The molecule has 1 saturated heterocycles. The van der Waals surface area contributed by atoms with Crippen molar-refractivity contribution in [3.63, 3.8) is 0 Å². The Labute approximate surface area is 202 Å². The summed E-state index contributed by atoms with van der Waals surface area (Å²) in [5.74, 6) is 0.307. The summed E-state index contributed by atoms with van der Waals surface area (Å²) in [7, 11) is 0. The van der Waals surface area contributed by atoms with E-state index in [1.54, 1.807) is 12.1 Å². The van der Waals surface area contributed by atoms with E-state index < -0.39 is 6.36 Å². The summed E-state index contributed by atoms with van der Waals surface area (Å²) in [4.78, 5) is 7.16. The summed E-state index contributed by atoms with van der Waals surface area (Å²) in [5.41, 5.74) is 2.18. The first-order valence-corrected chi connectivity index (χ1v) is 11.9. The van der Waals surface area contributed by atoms with Crippen molar-refractivity contribution in [2.45, 2.75) is 38.5 Å². The number of pyridine rings is 1. The van der Waals surface area contributed by atoms with Gasteiger partial charge in [-0.15, -0.1) is 13.2 Å². The highest BCUT2D eigenvalue weighted by Gasteiger charge is 2.31. The zero-order valence-electron chi connectivity index (χ0n) is 18.8. The van der Waals surface area contributed by atoms with E-state index in [-0.39, 0.29) is 12.2 Å². The minimum absolute atomic E-state index is 0.244. The van der Waals surface area contributed by atoms with Gasteiger partial charge in [-0.3, -0.25) is 0 Å². The van der Waals surface area contributed by atoms with Crippen LogP contribution in [0.1, 0.15) is 32.1 Å². The van der Waals surface area contributed by atoms with Gasteiger partial charge < -0.3 is 20.3 Å². The molecule has 0 spiro atoms. The smallest absolute Gasteiger partial charge is 0.406 e. The van der Waals surface area contributed by atoms with Gasteiger partial charge >= 0.3 is 6.36 Å². The molecule has 1 aromatic heterocycles. The molecule has 2 N–H and O–H groups in total. The summed E-state index contributed by atoms with van der Waals surface area (Å²) in [6.45, 7) is 4.23. The third-order valence-corrected chi connectivity index (χ3v) is 6.10. The fraction of sp³-hybridized carbons (Fsp3) is 0.400. The Morgan fingerprint density at radius 1 is 1.09 bits per heavy atom. The summed E-state index contributed by atoms with van der Waals surface area (Å²) in [5, 5.41) is 8.16. The van der Waals surface area contributed by atoms with E-state index in [1.807, 2.05) is 18.2 Å². The van der Waals surface area contributed by atoms with Crippen molar-refractivity contribution in [3.05, 3.63) is 65.0 Å². The largest absolute Gasteiger partial charge is 0.573 e. The molecule has 1 aliphatic carbocycles. The lowest BCUT2D eigenvalue weighted by atomic mass is 10.1. The van der Waals surface area contributed by atoms with E-state index in [1.165, 1.54) is 50.6 Å². The van der Waals surface area contributed by atoms with Crippen LogP contribution in [0.5, 0.6) is 0 Å². The molecule has 1 aromatic carbocycles. The lowest BCUT2D eigenvalue weighted by Gasteiger charge is -2.26. The first kappa shape index (κ1) is 24.4. The fourth-order valence-corrected chi connectivity index (χ4v) is 4.41. The molecule has 2 heterocycles. The molecule has 1 aliphatic heterocycles. The molecule has 0 bridgehead atoms. The number of fused-ring (bicyclic) bond motifs is 1. The van der Waals surface area contributed by atoms with Crippen LogP contribution < -0.4 is 10.6 Å². The number of rotatable bonds is 8. The maximum absolute atomic E-state index is 12.5. The average molecular weight is 493 g/mol. The van der Waals surface area contributed by atoms with Gasteiger partial charge in [0.2, 0.25) is 0 Å². The molecule has 182 valence electrons.